The molecule has 1 spiro atoms. The SMILES string of the molecule is Cc1nc(COC[C@@H]2CCOC23CN(C(=O)c2ccoc2C)C3)cs1. The molecule has 4 rings (SSSR count). The van der Waals surface area contributed by atoms with Crippen LogP contribution >= 0.6 is 11.3 Å². The Morgan fingerprint density at radius 1 is 1.48 bits per heavy atom. The Balaban J connectivity index is 1.31. The van der Waals surface area contributed by atoms with Gasteiger partial charge in [-0.15, -0.1) is 11.3 Å². The normalized spacial score (nSPS) is 21.7. The standard InChI is InChI=1S/C18H22N2O4S/c1-12-16(4-5-23-12)17(21)20-10-18(11-20)14(3-6-24-18)7-22-8-15-9-25-13(2)19-15/h4-5,9,14H,3,6-8,10-11H2,1-2H3/t14-/m0/s1. The van der Waals surface area contributed by atoms with Crippen LogP contribution in [0.15, 0.2) is 22.1 Å². The van der Waals surface area contributed by atoms with E-state index in [9.17, 15) is 4.79 Å². The molecule has 2 aliphatic heterocycles. The highest BCUT2D eigenvalue weighted by atomic mass is 32.1. The van der Waals surface area contributed by atoms with E-state index in [4.69, 9.17) is 13.9 Å². The highest BCUT2D eigenvalue weighted by molar-refractivity contribution is 7.09. The van der Waals surface area contributed by atoms with Gasteiger partial charge in [0.25, 0.3) is 5.91 Å². The highest BCUT2D eigenvalue weighted by Gasteiger charge is 2.54. The van der Waals surface area contributed by atoms with E-state index in [0.29, 0.717) is 43.5 Å². The third-order valence-electron chi connectivity index (χ3n) is 5.13. The van der Waals surface area contributed by atoms with Gasteiger partial charge in [-0.25, -0.2) is 4.98 Å². The van der Waals surface area contributed by atoms with Crippen LogP contribution in [-0.2, 0) is 16.1 Å². The summed E-state index contributed by atoms with van der Waals surface area (Å²) in [6.45, 7) is 6.97. The minimum absolute atomic E-state index is 0.0185. The van der Waals surface area contributed by atoms with Crippen LogP contribution in [0.1, 0.15) is 33.2 Å². The summed E-state index contributed by atoms with van der Waals surface area (Å²) in [4.78, 5) is 18.8. The molecule has 0 saturated carbocycles. The van der Waals surface area contributed by atoms with Gasteiger partial charge in [0.1, 0.15) is 11.4 Å². The van der Waals surface area contributed by atoms with E-state index in [1.807, 2.05) is 24.1 Å². The Hall–Kier alpha value is -1.70. The summed E-state index contributed by atoms with van der Waals surface area (Å²) < 4.78 is 17.1. The molecule has 0 unspecified atom stereocenters. The highest BCUT2D eigenvalue weighted by Crippen LogP contribution is 2.41. The first-order valence-electron chi connectivity index (χ1n) is 8.53. The maximum atomic E-state index is 12.5. The quantitative estimate of drug-likeness (QED) is 0.818. The predicted molar refractivity (Wildman–Crippen MR) is 92.6 cm³/mol. The van der Waals surface area contributed by atoms with Crippen LogP contribution in [0.3, 0.4) is 0 Å². The fraction of sp³-hybridized carbons (Fsp3) is 0.556. The number of thiazole rings is 1. The number of furan rings is 1. The van der Waals surface area contributed by atoms with E-state index < -0.39 is 0 Å². The van der Waals surface area contributed by atoms with E-state index in [2.05, 4.69) is 4.98 Å². The number of hydrogen-bond donors (Lipinski definition) is 0. The summed E-state index contributed by atoms with van der Waals surface area (Å²) in [5.74, 6) is 1.00. The zero-order chi connectivity index (χ0) is 17.4. The van der Waals surface area contributed by atoms with Gasteiger partial charge >= 0.3 is 0 Å². The van der Waals surface area contributed by atoms with Crippen LogP contribution in [0, 0.1) is 19.8 Å². The second kappa shape index (κ2) is 6.55. The van der Waals surface area contributed by atoms with Gasteiger partial charge in [-0.05, 0) is 26.3 Å². The molecule has 25 heavy (non-hydrogen) atoms. The Kier molecular flexibility index (Phi) is 4.39. The van der Waals surface area contributed by atoms with Crippen LogP contribution < -0.4 is 0 Å². The van der Waals surface area contributed by atoms with Crippen LogP contribution in [0.25, 0.3) is 0 Å². The number of likely N-dealkylation sites (tertiary alicyclic amines) is 1. The average molecular weight is 362 g/mol. The maximum Gasteiger partial charge on any atom is 0.257 e. The molecule has 0 aliphatic carbocycles. The van der Waals surface area contributed by atoms with Gasteiger partial charge in [-0.3, -0.25) is 4.79 Å². The van der Waals surface area contributed by atoms with Crippen molar-refractivity contribution >= 4 is 17.2 Å². The van der Waals surface area contributed by atoms with Gasteiger partial charge in [0.2, 0.25) is 0 Å². The van der Waals surface area contributed by atoms with Crippen LogP contribution in [0.4, 0.5) is 0 Å². The fourth-order valence-electron chi connectivity index (χ4n) is 3.67. The largest absolute Gasteiger partial charge is 0.469 e. The monoisotopic (exact) mass is 362 g/mol. The first-order chi connectivity index (χ1) is 12.1. The Bertz CT molecular complexity index is 763. The summed E-state index contributed by atoms with van der Waals surface area (Å²) in [6.07, 6.45) is 2.53. The maximum absolute atomic E-state index is 12.5. The number of carbonyl (C=O) groups excluding carboxylic acids is 1. The van der Waals surface area contributed by atoms with Crippen molar-refractivity contribution in [1.82, 2.24) is 9.88 Å². The topological polar surface area (TPSA) is 64.8 Å². The molecule has 1 atom stereocenters. The lowest BCUT2D eigenvalue weighted by Gasteiger charge is -2.50. The van der Waals surface area contributed by atoms with Gasteiger partial charge in [0, 0.05) is 17.9 Å². The van der Waals surface area contributed by atoms with Gasteiger partial charge in [-0.1, -0.05) is 0 Å². The zero-order valence-corrected chi connectivity index (χ0v) is 15.3. The van der Waals surface area contributed by atoms with Crippen molar-refractivity contribution in [3.8, 4) is 0 Å². The number of amides is 1. The molecule has 7 heteroatoms. The van der Waals surface area contributed by atoms with E-state index >= 15 is 0 Å². The van der Waals surface area contributed by atoms with Crippen molar-refractivity contribution in [2.45, 2.75) is 32.5 Å². The molecular formula is C18H22N2O4S. The minimum Gasteiger partial charge on any atom is -0.469 e. The van der Waals surface area contributed by atoms with Gasteiger partial charge < -0.3 is 18.8 Å². The van der Waals surface area contributed by atoms with Gasteiger partial charge in [0.05, 0.1) is 48.8 Å². The molecule has 0 bridgehead atoms. The van der Waals surface area contributed by atoms with Crippen molar-refractivity contribution in [2.75, 3.05) is 26.3 Å². The lowest BCUT2D eigenvalue weighted by Crippen LogP contribution is -2.66. The molecular weight excluding hydrogens is 340 g/mol. The van der Waals surface area contributed by atoms with E-state index in [1.54, 1.807) is 23.7 Å². The van der Waals surface area contributed by atoms with Gasteiger partial charge in [-0.2, -0.15) is 0 Å². The summed E-state index contributed by atoms with van der Waals surface area (Å²) >= 11 is 1.64. The third kappa shape index (κ3) is 3.12. The lowest BCUT2D eigenvalue weighted by molar-refractivity contribution is -0.129. The molecule has 2 aromatic heterocycles. The van der Waals surface area contributed by atoms with Crippen LogP contribution in [0.5, 0.6) is 0 Å². The summed E-state index contributed by atoms with van der Waals surface area (Å²) in [7, 11) is 0. The Morgan fingerprint density at radius 3 is 3.00 bits per heavy atom. The van der Waals surface area contributed by atoms with Crippen molar-refractivity contribution in [3.63, 3.8) is 0 Å². The summed E-state index contributed by atoms with van der Waals surface area (Å²) in [5.41, 5.74) is 1.38. The van der Waals surface area contributed by atoms with E-state index in [1.165, 1.54) is 0 Å². The fourth-order valence-corrected chi connectivity index (χ4v) is 4.27. The number of aromatic nitrogens is 1. The van der Waals surface area contributed by atoms with Crippen molar-refractivity contribution in [2.24, 2.45) is 5.92 Å². The Morgan fingerprint density at radius 2 is 2.32 bits per heavy atom. The first kappa shape index (κ1) is 16.8. The predicted octanol–water partition coefficient (Wildman–Crippen LogP) is 2.80. The molecule has 2 aromatic rings. The number of ether oxygens (including phenoxy) is 2. The molecule has 2 saturated heterocycles. The molecule has 2 aliphatic rings. The third-order valence-corrected chi connectivity index (χ3v) is 5.95. The molecule has 4 heterocycles. The molecule has 1 amide bonds. The lowest BCUT2D eigenvalue weighted by atomic mass is 9.81. The van der Waals surface area contributed by atoms with Gasteiger partial charge in [0.15, 0.2) is 0 Å². The number of carbonyl (C=O) groups is 1. The van der Waals surface area contributed by atoms with Crippen LogP contribution in [-0.4, -0.2) is 47.7 Å². The van der Waals surface area contributed by atoms with E-state index in [0.717, 1.165) is 23.7 Å². The second-order valence-corrected chi connectivity index (χ2v) is 7.89. The van der Waals surface area contributed by atoms with E-state index in [-0.39, 0.29) is 11.5 Å². The molecule has 134 valence electrons. The molecule has 6 nitrogen and oxygen atoms in total. The smallest absolute Gasteiger partial charge is 0.257 e. The molecule has 0 N–H and O–H groups in total. The number of rotatable bonds is 5. The first-order valence-corrected chi connectivity index (χ1v) is 9.41. The Labute approximate surface area is 150 Å². The minimum atomic E-state index is -0.245. The summed E-state index contributed by atoms with van der Waals surface area (Å²) in [5, 5.41) is 3.09. The molecule has 2 fully saturated rings. The van der Waals surface area contributed by atoms with Crippen LogP contribution in [0.2, 0.25) is 0 Å². The summed E-state index contributed by atoms with van der Waals surface area (Å²) in [6, 6.07) is 1.73. The van der Waals surface area contributed by atoms with Crippen molar-refractivity contribution < 1.29 is 18.7 Å². The second-order valence-electron chi connectivity index (χ2n) is 6.82. The van der Waals surface area contributed by atoms with Crippen molar-refractivity contribution in [3.05, 3.63) is 39.7 Å². The van der Waals surface area contributed by atoms with Crippen molar-refractivity contribution in [1.29, 1.82) is 0 Å². The molecule has 0 aromatic carbocycles. The number of nitrogens with zero attached hydrogens (tertiary/aromatic N) is 2. The zero-order valence-electron chi connectivity index (χ0n) is 14.5. The average Bonchev–Trinajstić information content (AvgIpc) is 3.25. The number of aryl methyl sites for hydroxylation is 2. The number of hydrogen-bond acceptors (Lipinski definition) is 6. The molecule has 0 radical (unpaired) electrons.